The van der Waals surface area contributed by atoms with E-state index >= 15 is 0 Å². The van der Waals surface area contributed by atoms with Crippen LogP contribution in [0.25, 0.3) is 6.08 Å². The van der Waals surface area contributed by atoms with Gasteiger partial charge in [0, 0.05) is 19.1 Å². The summed E-state index contributed by atoms with van der Waals surface area (Å²) >= 11 is 5.81. The zero-order chi connectivity index (χ0) is 21.3. The van der Waals surface area contributed by atoms with E-state index in [1.54, 1.807) is 12.2 Å². The summed E-state index contributed by atoms with van der Waals surface area (Å²) in [4.78, 5) is 23.6. The lowest BCUT2D eigenvalue weighted by Crippen LogP contribution is -2.20. The molecule has 0 heterocycles. The van der Waals surface area contributed by atoms with E-state index < -0.39 is 23.6 Å². The van der Waals surface area contributed by atoms with Crippen LogP contribution in [0.1, 0.15) is 24.0 Å². The van der Waals surface area contributed by atoms with Crippen molar-refractivity contribution in [3.8, 4) is 0 Å². The van der Waals surface area contributed by atoms with Crippen LogP contribution in [-0.2, 0) is 15.8 Å². The average Bonchev–Trinajstić information content (AvgIpc) is 2.68. The van der Waals surface area contributed by atoms with E-state index in [1.807, 2.05) is 30.3 Å². The lowest BCUT2D eigenvalue weighted by Gasteiger charge is -2.11. The number of anilines is 1. The third-order valence-electron chi connectivity index (χ3n) is 3.58. The van der Waals surface area contributed by atoms with Crippen LogP contribution in [-0.4, -0.2) is 18.0 Å². The van der Waals surface area contributed by atoms with Gasteiger partial charge in [0.1, 0.15) is 0 Å². The first kappa shape index (κ1) is 22.2. The maximum atomic E-state index is 12.7. The second-order valence-corrected chi connectivity index (χ2v) is 6.23. The van der Waals surface area contributed by atoms with E-state index in [4.69, 9.17) is 11.6 Å². The van der Waals surface area contributed by atoms with Crippen molar-refractivity contribution in [1.29, 1.82) is 0 Å². The Balaban J connectivity index is 1.78. The van der Waals surface area contributed by atoms with Crippen LogP contribution in [0.3, 0.4) is 0 Å². The molecular weight excluding hydrogens is 407 g/mol. The highest BCUT2D eigenvalue weighted by Crippen LogP contribution is 2.33. The average molecular weight is 424 g/mol. The van der Waals surface area contributed by atoms with Gasteiger partial charge in [0.2, 0.25) is 11.8 Å². The number of halogens is 4. The topological polar surface area (TPSA) is 70.6 Å². The summed E-state index contributed by atoms with van der Waals surface area (Å²) in [5.74, 6) is -1.16. The molecule has 0 spiro atoms. The number of carbonyl (C=O) groups excluding carboxylic acids is 2. The minimum absolute atomic E-state index is 0.0365. The molecule has 0 aliphatic rings. The summed E-state index contributed by atoms with van der Waals surface area (Å²) in [5, 5.41) is 5.95. The Morgan fingerprint density at radius 1 is 1.03 bits per heavy atom. The Morgan fingerprint density at radius 2 is 1.72 bits per heavy atom. The summed E-state index contributed by atoms with van der Waals surface area (Å²) in [7, 11) is 0. The first-order valence-corrected chi connectivity index (χ1v) is 8.84. The number of nitrogens with one attached hydrogen (secondary N) is 2. The number of carbonyl (C=O) groups is 2. The molecular formula is C20H17ClF3N3O2. The summed E-state index contributed by atoms with van der Waals surface area (Å²) in [6, 6.07) is 12.1. The first-order chi connectivity index (χ1) is 13.8. The van der Waals surface area contributed by atoms with Crippen LogP contribution in [0.15, 0.2) is 59.7 Å². The molecule has 0 aliphatic heterocycles. The second-order valence-electron chi connectivity index (χ2n) is 5.82. The van der Waals surface area contributed by atoms with Gasteiger partial charge < -0.3 is 5.32 Å². The number of hydrazone groups is 1. The molecule has 0 unspecified atom stereocenters. The highest BCUT2D eigenvalue weighted by atomic mass is 35.5. The maximum absolute atomic E-state index is 12.7. The fourth-order valence-electron chi connectivity index (χ4n) is 2.16. The van der Waals surface area contributed by atoms with Gasteiger partial charge in [-0.05, 0) is 29.8 Å². The normalized spacial score (nSPS) is 11.7. The fraction of sp³-hybridized carbons (Fsp3) is 0.150. The molecule has 0 bridgehead atoms. The zero-order valence-corrected chi connectivity index (χ0v) is 15.8. The van der Waals surface area contributed by atoms with Crippen LogP contribution in [0.4, 0.5) is 18.9 Å². The number of nitrogens with zero attached hydrogens (tertiary/aromatic N) is 1. The number of allylic oxidation sites excluding steroid dienone is 1. The van der Waals surface area contributed by atoms with Gasteiger partial charge in [-0.1, -0.05) is 48.0 Å². The third kappa shape index (κ3) is 7.79. The lowest BCUT2D eigenvalue weighted by molar-refractivity contribution is -0.137. The predicted octanol–water partition coefficient (Wildman–Crippen LogP) is 4.89. The second kappa shape index (κ2) is 10.4. The monoisotopic (exact) mass is 423 g/mol. The third-order valence-corrected chi connectivity index (χ3v) is 3.91. The summed E-state index contributed by atoms with van der Waals surface area (Å²) in [5.41, 5.74) is 2.11. The molecule has 2 aromatic carbocycles. The predicted molar refractivity (Wildman–Crippen MR) is 106 cm³/mol. The summed E-state index contributed by atoms with van der Waals surface area (Å²) in [6.45, 7) is 0. The van der Waals surface area contributed by atoms with Crippen molar-refractivity contribution in [3.05, 3.63) is 70.8 Å². The number of benzene rings is 2. The van der Waals surface area contributed by atoms with Crippen LogP contribution in [0.5, 0.6) is 0 Å². The minimum Gasteiger partial charge on any atom is -0.325 e. The Hall–Kier alpha value is -3.13. The largest absolute Gasteiger partial charge is 0.416 e. The van der Waals surface area contributed by atoms with Gasteiger partial charge in [-0.15, -0.1) is 0 Å². The smallest absolute Gasteiger partial charge is 0.325 e. The van der Waals surface area contributed by atoms with Gasteiger partial charge >= 0.3 is 6.18 Å². The molecule has 5 nitrogen and oxygen atoms in total. The molecule has 0 aromatic heterocycles. The van der Waals surface area contributed by atoms with Crippen molar-refractivity contribution in [1.82, 2.24) is 5.43 Å². The van der Waals surface area contributed by atoms with Gasteiger partial charge in [-0.2, -0.15) is 18.3 Å². The van der Waals surface area contributed by atoms with E-state index in [1.165, 1.54) is 6.21 Å². The van der Waals surface area contributed by atoms with Crippen LogP contribution >= 0.6 is 11.6 Å². The van der Waals surface area contributed by atoms with Crippen molar-refractivity contribution in [2.45, 2.75) is 19.0 Å². The highest BCUT2D eigenvalue weighted by molar-refractivity contribution is 6.33. The van der Waals surface area contributed by atoms with Crippen molar-refractivity contribution >= 4 is 41.4 Å². The first-order valence-electron chi connectivity index (χ1n) is 8.46. The summed E-state index contributed by atoms with van der Waals surface area (Å²) in [6.07, 6.45) is -0.180. The van der Waals surface area contributed by atoms with Crippen molar-refractivity contribution in [2.75, 3.05) is 5.32 Å². The minimum atomic E-state index is -4.56. The fourth-order valence-corrected chi connectivity index (χ4v) is 2.33. The Bertz CT molecular complexity index is 913. The number of hydrogen-bond acceptors (Lipinski definition) is 3. The summed E-state index contributed by atoms with van der Waals surface area (Å²) < 4.78 is 38.2. The molecule has 0 fully saturated rings. The van der Waals surface area contributed by atoms with E-state index in [0.29, 0.717) is 0 Å². The van der Waals surface area contributed by atoms with Gasteiger partial charge in [0.05, 0.1) is 16.3 Å². The number of amides is 2. The molecule has 2 aromatic rings. The van der Waals surface area contributed by atoms with Crippen LogP contribution in [0, 0.1) is 0 Å². The van der Waals surface area contributed by atoms with E-state index in [9.17, 15) is 22.8 Å². The Morgan fingerprint density at radius 3 is 2.41 bits per heavy atom. The van der Waals surface area contributed by atoms with Gasteiger partial charge in [-0.3, -0.25) is 9.59 Å². The molecule has 0 atom stereocenters. The van der Waals surface area contributed by atoms with Gasteiger partial charge in [0.25, 0.3) is 0 Å². The van der Waals surface area contributed by atoms with E-state index in [2.05, 4.69) is 15.8 Å². The number of rotatable bonds is 7. The molecule has 0 saturated heterocycles. The standard InChI is InChI=1S/C20H17ClF3N3O2/c21-16-9-8-15(20(22,23)24)13-17(16)26-18(28)10-11-19(29)27-25-12-4-7-14-5-2-1-3-6-14/h1-9,12-13H,10-11H2,(H,26,28)(H,27,29)/b7-4+,25-12+. The van der Waals surface area contributed by atoms with Crippen molar-refractivity contribution < 1.29 is 22.8 Å². The van der Waals surface area contributed by atoms with Gasteiger partial charge in [0.15, 0.2) is 0 Å². The number of alkyl halides is 3. The molecule has 0 saturated carbocycles. The van der Waals surface area contributed by atoms with E-state index in [-0.39, 0.29) is 23.6 Å². The highest BCUT2D eigenvalue weighted by Gasteiger charge is 2.31. The molecule has 2 N–H and O–H groups in total. The molecule has 2 amide bonds. The number of hydrogen-bond donors (Lipinski definition) is 2. The molecule has 29 heavy (non-hydrogen) atoms. The maximum Gasteiger partial charge on any atom is 0.416 e. The van der Waals surface area contributed by atoms with E-state index in [0.717, 1.165) is 23.8 Å². The molecule has 2 rings (SSSR count). The van der Waals surface area contributed by atoms with Crippen LogP contribution < -0.4 is 10.7 Å². The van der Waals surface area contributed by atoms with Crippen molar-refractivity contribution in [3.63, 3.8) is 0 Å². The molecule has 9 heteroatoms. The van der Waals surface area contributed by atoms with Gasteiger partial charge in [-0.25, -0.2) is 5.43 Å². The Labute approximate surface area is 170 Å². The van der Waals surface area contributed by atoms with Crippen molar-refractivity contribution in [2.24, 2.45) is 5.10 Å². The Kier molecular flexibility index (Phi) is 7.97. The quantitative estimate of drug-likeness (QED) is 0.491. The SMILES string of the molecule is O=C(CCC(=O)Nc1cc(C(F)(F)F)ccc1Cl)N/N=C/C=C/c1ccccc1. The molecule has 152 valence electrons. The van der Waals surface area contributed by atoms with Crippen LogP contribution in [0.2, 0.25) is 5.02 Å². The lowest BCUT2D eigenvalue weighted by atomic mass is 10.2. The zero-order valence-electron chi connectivity index (χ0n) is 15.0. The molecule has 0 aliphatic carbocycles. The molecule has 0 radical (unpaired) electrons.